The third-order valence-corrected chi connectivity index (χ3v) is 5.15. The summed E-state index contributed by atoms with van der Waals surface area (Å²) < 4.78 is 5.90. The molecule has 0 saturated carbocycles. The van der Waals surface area contributed by atoms with E-state index >= 15 is 0 Å². The number of hydrogen-bond acceptors (Lipinski definition) is 6. The number of hydrogen-bond donors (Lipinski definition) is 4. The first-order valence-corrected chi connectivity index (χ1v) is 12.5. The molecule has 0 saturated heterocycles. The van der Waals surface area contributed by atoms with Crippen LogP contribution < -0.4 is 11.1 Å². The largest absolute Gasteiger partial charge is 0.492 e. The van der Waals surface area contributed by atoms with Gasteiger partial charge in [-0.05, 0) is 54.0 Å². The minimum Gasteiger partial charge on any atom is -0.492 e. The summed E-state index contributed by atoms with van der Waals surface area (Å²) in [5.74, 6) is -1.01. The number of aryl methyl sites for hydroxylation is 2. The highest BCUT2D eigenvalue weighted by Crippen LogP contribution is 2.31. The Kier molecular flexibility index (Phi) is 16.4. The van der Waals surface area contributed by atoms with E-state index in [0.717, 1.165) is 6.42 Å². The lowest BCUT2D eigenvalue weighted by molar-refractivity contribution is -0.131. The summed E-state index contributed by atoms with van der Waals surface area (Å²) in [6, 6.07) is 0. The number of amides is 1. The molecule has 0 aliphatic heterocycles. The number of aliphatic hydroxyl groups excluding tert-OH is 1. The highest BCUT2D eigenvalue weighted by molar-refractivity contribution is 5.97. The number of ether oxygens (including phenoxy) is 1. The first-order valence-electron chi connectivity index (χ1n) is 12.5. The van der Waals surface area contributed by atoms with Crippen molar-refractivity contribution >= 4 is 23.3 Å². The van der Waals surface area contributed by atoms with Gasteiger partial charge in [0.25, 0.3) is 0 Å². The maximum absolute atomic E-state index is 12.6. The zero-order valence-corrected chi connectivity index (χ0v) is 24.2. The lowest BCUT2D eigenvalue weighted by Gasteiger charge is -2.28. The number of anilines is 1. The Balaban J connectivity index is 0. The number of aromatic nitrogens is 1. The highest BCUT2D eigenvalue weighted by Gasteiger charge is 2.31. The molecule has 0 unspecified atom stereocenters. The molecule has 1 rings (SSSR count). The Hall–Kier alpha value is -2.87. The first kappa shape index (κ1) is 35.3. The van der Waals surface area contributed by atoms with Crippen molar-refractivity contribution in [3.8, 4) is 0 Å². The van der Waals surface area contributed by atoms with E-state index in [1.165, 1.54) is 0 Å². The van der Waals surface area contributed by atoms with Gasteiger partial charge in [-0.2, -0.15) is 0 Å². The molecule has 8 nitrogen and oxygen atoms in total. The van der Waals surface area contributed by atoms with Crippen LogP contribution in [0.1, 0.15) is 96.0 Å². The molecule has 1 amide bonds. The van der Waals surface area contributed by atoms with Crippen LogP contribution in [-0.4, -0.2) is 46.8 Å². The van der Waals surface area contributed by atoms with E-state index in [2.05, 4.69) is 29.4 Å². The van der Waals surface area contributed by atoms with Gasteiger partial charge in [0.2, 0.25) is 5.91 Å². The summed E-state index contributed by atoms with van der Waals surface area (Å²) in [5.41, 5.74) is 6.15. The maximum Gasteiger partial charge on any atom is 0.339 e. The molecule has 0 spiro atoms. The number of carboxylic acid groups (broad SMARTS) is 1. The van der Waals surface area contributed by atoms with Gasteiger partial charge in [0.05, 0.1) is 28.1 Å². The molecule has 0 fully saturated rings. The summed E-state index contributed by atoms with van der Waals surface area (Å²) in [7, 11) is 0. The fourth-order valence-electron chi connectivity index (χ4n) is 2.93. The van der Waals surface area contributed by atoms with Crippen LogP contribution in [-0.2, 0) is 9.53 Å². The molecule has 0 aliphatic carbocycles. The first-order chi connectivity index (χ1) is 16.7. The summed E-state index contributed by atoms with van der Waals surface area (Å²) in [4.78, 5) is 28.4. The predicted octanol–water partition coefficient (Wildman–Crippen LogP) is 5.52. The predicted molar refractivity (Wildman–Crippen MR) is 149 cm³/mol. The van der Waals surface area contributed by atoms with Crippen molar-refractivity contribution in [2.24, 2.45) is 10.8 Å². The monoisotopic (exact) mass is 507 g/mol. The van der Waals surface area contributed by atoms with Crippen LogP contribution in [0.2, 0.25) is 0 Å². The lowest BCUT2D eigenvalue weighted by Crippen LogP contribution is -2.44. The van der Waals surface area contributed by atoms with Crippen LogP contribution in [0, 0.1) is 24.7 Å². The molecule has 1 aromatic rings. The van der Waals surface area contributed by atoms with Crippen molar-refractivity contribution in [1.29, 1.82) is 0 Å². The average Bonchev–Trinajstić information content (AvgIpc) is 2.81. The number of allylic oxidation sites excluding steroid dienone is 3. The van der Waals surface area contributed by atoms with Gasteiger partial charge in [-0.3, -0.25) is 9.78 Å². The van der Waals surface area contributed by atoms with Gasteiger partial charge >= 0.3 is 5.97 Å². The fraction of sp³-hybridized carbons (Fsp3) is 0.607. The van der Waals surface area contributed by atoms with E-state index in [1.54, 1.807) is 40.7 Å². The highest BCUT2D eigenvalue weighted by atomic mass is 16.5. The Labute approximate surface area is 218 Å². The van der Waals surface area contributed by atoms with Crippen molar-refractivity contribution in [3.05, 3.63) is 40.7 Å². The number of nitrogens with zero attached hydrogens (tertiary/aromatic N) is 1. The number of nitrogens with one attached hydrogen (secondary N) is 1. The number of nitrogen functional groups attached to an aromatic ring is 1. The van der Waals surface area contributed by atoms with Crippen molar-refractivity contribution in [2.75, 3.05) is 25.5 Å². The summed E-state index contributed by atoms with van der Waals surface area (Å²) in [6.45, 7) is 20.7. The number of aromatic carboxylic acids is 1. The van der Waals surface area contributed by atoms with Crippen LogP contribution in [0.4, 0.5) is 5.69 Å². The van der Waals surface area contributed by atoms with E-state index in [4.69, 9.17) is 10.5 Å². The van der Waals surface area contributed by atoms with Gasteiger partial charge in [-0.1, -0.05) is 46.8 Å². The van der Waals surface area contributed by atoms with Crippen LogP contribution in [0.3, 0.4) is 0 Å². The Morgan fingerprint density at radius 3 is 2.00 bits per heavy atom. The van der Waals surface area contributed by atoms with Gasteiger partial charge in [0, 0.05) is 18.6 Å². The Morgan fingerprint density at radius 1 is 1.08 bits per heavy atom. The van der Waals surface area contributed by atoms with Gasteiger partial charge in [0.15, 0.2) is 0 Å². The molecule has 5 N–H and O–H groups in total. The molecule has 0 atom stereocenters. The molecule has 1 heterocycles. The number of carbonyl (C=O) groups excluding carboxylic acids is 1. The lowest BCUT2D eigenvalue weighted by atomic mass is 9.91. The number of rotatable bonds is 10. The smallest absolute Gasteiger partial charge is 0.339 e. The van der Waals surface area contributed by atoms with Crippen LogP contribution in [0.25, 0.3) is 5.76 Å². The number of aliphatic hydroxyl groups is 1. The molecule has 0 radical (unpaired) electrons. The Morgan fingerprint density at radius 2 is 1.61 bits per heavy atom. The van der Waals surface area contributed by atoms with Crippen molar-refractivity contribution < 1.29 is 24.5 Å². The zero-order chi connectivity index (χ0) is 28.7. The van der Waals surface area contributed by atoms with Crippen molar-refractivity contribution in [3.63, 3.8) is 0 Å². The standard InChI is InChI=1S/C21H33N3O5.C5H10.C2H6/c1-8-14(15-12(2)24-13(3)16(17(15)22)18(26)27)29-11-21(6,7)19(28)23-9-20(4,5)10-25;1-3-5-4-2;1-2/h8,25H,9-11H2,1-7H3,(H2,22,24)(H,23,28)(H,26,27);3,5H,4H2,1-2H3;1-2H3/b14-8+;5-3-;. The number of carbonyl (C=O) groups is 2. The van der Waals surface area contributed by atoms with Crippen molar-refractivity contribution in [1.82, 2.24) is 10.3 Å². The molecular formula is C28H49N3O5. The van der Waals surface area contributed by atoms with Crippen LogP contribution in [0.5, 0.6) is 0 Å². The number of nitrogens with two attached hydrogens (primary N) is 1. The number of carboxylic acids is 1. The molecule has 0 aromatic carbocycles. The molecule has 1 aromatic heterocycles. The van der Waals surface area contributed by atoms with Crippen LogP contribution >= 0.6 is 0 Å². The fourth-order valence-corrected chi connectivity index (χ4v) is 2.93. The number of pyridine rings is 1. The summed E-state index contributed by atoms with van der Waals surface area (Å²) >= 11 is 0. The second-order valence-corrected chi connectivity index (χ2v) is 9.56. The van der Waals surface area contributed by atoms with Gasteiger partial charge in [-0.25, -0.2) is 4.79 Å². The van der Waals surface area contributed by atoms with Gasteiger partial charge < -0.3 is 26.0 Å². The summed E-state index contributed by atoms with van der Waals surface area (Å²) in [6.07, 6.45) is 7.01. The van der Waals surface area contributed by atoms with E-state index < -0.39 is 16.8 Å². The van der Waals surface area contributed by atoms with Gasteiger partial charge in [-0.15, -0.1) is 0 Å². The zero-order valence-electron chi connectivity index (χ0n) is 24.2. The molecule has 206 valence electrons. The second kappa shape index (κ2) is 16.7. The average molecular weight is 508 g/mol. The normalized spacial score (nSPS) is 11.7. The molecule has 0 aliphatic rings. The van der Waals surface area contributed by atoms with E-state index in [0.29, 0.717) is 29.3 Å². The topological polar surface area (TPSA) is 135 Å². The van der Waals surface area contributed by atoms with Gasteiger partial charge in [0.1, 0.15) is 17.9 Å². The minimum absolute atomic E-state index is 0.0438. The minimum atomic E-state index is -1.16. The third-order valence-electron chi connectivity index (χ3n) is 5.15. The quantitative estimate of drug-likeness (QED) is 0.242. The molecule has 8 heteroatoms. The third kappa shape index (κ3) is 11.2. The molecular weight excluding hydrogens is 458 g/mol. The maximum atomic E-state index is 12.6. The summed E-state index contributed by atoms with van der Waals surface area (Å²) in [5, 5.41) is 21.6. The van der Waals surface area contributed by atoms with E-state index in [9.17, 15) is 19.8 Å². The second-order valence-electron chi connectivity index (χ2n) is 9.56. The Bertz CT molecular complexity index is 903. The van der Waals surface area contributed by atoms with Crippen LogP contribution in [0.15, 0.2) is 18.2 Å². The van der Waals surface area contributed by atoms with E-state index in [1.807, 2.05) is 34.6 Å². The molecule has 0 bridgehead atoms. The van der Waals surface area contributed by atoms with Crippen molar-refractivity contribution in [2.45, 2.75) is 82.6 Å². The molecule has 36 heavy (non-hydrogen) atoms. The van der Waals surface area contributed by atoms with E-state index in [-0.39, 0.29) is 30.4 Å². The SMILES string of the molecule is C/C=C(/OCC(C)(C)C(=O)NCC(C)(C)CO)c1c(C)nc(C)c(C(=O)O)c1N.C/C=C\CC.CC.